The summed E-state index contributed by atoms with van der Waals surface area (Å²) in [5.41, 5.74) is 2.28. The van der Waals surface area contributed by atoms with Crippen molar-refractivity contribution in [3.63, 3.8) is 0 Å². The fraction of sp³-hybridized carbons (Fsp3) is 0.0667. The molecule has 3 aromatic rings. The fourth-order valence-corrected chi connectivity index (χ4v) is 2.13. The van der Waals surface area contributed by atoms with Gasteiger partial charge in [0.1, 0.15) is 5.82 Å². The molecule has 0 amide bonds. The number of fused-ring (bicyclic) bond motifs is 1. The van der Waals surface area contributed by atoms with Gasteiger partial charge in [-0.1, -0.05) is 12.1 Å². The Bertz CT molecular complexity index is 819. The van der Waals surface area contributed by atoms with E-state index in [0.717, 1.165) is 16.5 Å². The molecule has 1 heterocycles. The molecule has 0 N–H and O–H groups in total. The van der Waals surface area contributed by atoms with Crippen LogP contribution in [-0.4, -0.2) is 15.9 Å². The van der Waals surface area contributed by atoms with Gasteiger partial charge < -0.3 is 0 Å². The Morgan fingerprint density at radius 1 is 1.25 bits per heavy atom. The SMILES string of the molecule is O=C=Nc1ccc2c(cnn2Cc2cccc(F)c2)c1. The van der Waals surface area contributed by atoms with Crippen LogP contribution in [0.15, 0.2) is 53.7 Å². The molecule has 0 fully saturated rings. The van der Waals surface area contributed by atoms with Gasteiger partial charge in [0, 0.05) is 5.39 Å². The van der Waals surface area contributed by atoms with E-state index in [2.05, 4.69) is 10.1 Å². The van der Waals surface area contributed by atoms with Gasteiger partial charge in [-0.25, -0.2) is 9.18 Å². The Labute approximate surface area is 114 Å². The average Bonchev–Trinajstić information content (AvgIpc) is 2.82. The summed E-state index contributed by atoms with van der Waals surface area (Å²) in [5, 5.41) is 5.15. The highest BCUT2D eigenvalue weighted by Gasteiger charge is 2.05. The summed E-state index contributed by atoms with van der Waals surface area (Å²) in [5.74, 6) is -0.262. The summed E-state index contributed by atoms with van der Waals surface area (Å²) < 4.78 is 14.9. The molecule has 0 unspecified atom stereocenters. The third-order valence-electron chi connectivity index (χ3n) is 3.02. The Morgan fingerprint density at radius 2 is 2.15 bits per heavy atom. The minimum atomic E-state index is -0.262. The maximum Gasteiger partial charge on any atom is 0.240 e. The maximum absolute atomic E-state index is 13.2. The van der Waals surface area contributed by atoms with Crippen molar-refractivity contribution < 1.29 is 9.18 Å². The molecule has 0 bridgehead atoms. The molecule has 2 aromatic carbocycles. The van der Waals surface area contributed by atoms with E-state index in [9.17, 15) is 9.18 Å². The number of carbonyl (C=O) groups excluding carboxylic acids is 1. The fourth-order valence-electron chi connectivity index (χ4n) is 2.13. The van der Waals surface area contributed by atoms with Gasteiger partial charge in [0.2, 0.25) is 6.08 Å². The predicted molar refractivity (Wildman–Crippen MR) is 73.0 cm³/mol. The molecule has 20 heavy (non-hydrogen) atoms. The van der Waals surface area contributed by atoms with Crippen LogP contribution in [0.5, 0.6) is 0 Å². The minimum Gasteiger partial charge on any atom is -0.260 e. The van der Waals surface area contributed by atoms with Crippen molar-refractivity contribution in [2.45, 2.75) is 6.54 Å². The van der Waals surface area contributed by atoms with E-state index in [1.807, 2.05) is 12.1 Å². The Morgan fingerprint density at radius 3 is 2.95 bits per heavy atom. The van der Waals surface area contributed by atoms with E-state index in [-0.39, 0.29) is 5.82 Å². The van der Waals surface area contributed by atoms with Gasteiger partial charge in [-0.15, -0.1) is 0 Å². The molecule has 3 rings (SSSR count). The molecular weight excluding hydrogens is 257 g/mol. The first-order valence-corrected chi connectivity index (χ1v) is 6.04. The zero-order chi connectivity index (χ0) is 13.9. The van der Waals surface area contributed by atoms with Crippen LogP contribution in [0.2, 0.25) is 0 Å². The number of halogens is 1. The van der Waals surface area contributed by atoms with Crippen LogP contribution in [-0.2, 0) is 11.3 Å². The monoisotopic (exact) mass is 267 g/mol. The number of aromatic nitrogens is 2. The molecule has 0 aliphatic rings. The highest BCUT2D eigenvalue weighted by molar-refractivity contribution is 5.82. The average molecular weight is 267 g/mol. The summed E-state index contributed by atoms with van der Waals surface area (Å²) in [4.78, 5) is 13.8. The minimum absolute atomic E-state index is 0.262. The van der Waals surface area contributed by atoms with Crippen molar-refractivity contribution in [1.29, 1.82) is 0 Å². The van der Waals surface area contributed by atoms with Gasteiger partial charge in [-0.3, -0.25) is 4.68 Å². The van der Waals surface area contributed by atoms with Crippen molar-refractivity contribution >= 4 is 22.7 Å². The molecule has 0 aliphatic carbocycles. The number of isocyanates is 1. The quantitative estimate of drug-likeness (QED) is 0.540. The number of nitrogens with zero attached hydrogens (tertiary/aromatic N) is 3. The van der Waals surface area contributed by atoms with E-state index in [1.54, 1.807) is 29.1 Å². The van der Waals surface area contributed by atoms with Crippen LogP contribution in [0, 0.1) is 5.82 Å². The zero-order valence-electron chi connectivity index (χ0n) is 10.5. The predicted octanol–water partition coefficient (Wildman–Crippen LogP) is 3.19. The van der Waals surface area contributed by atoms with Crippen LogP contribution < -0.4 is 0 Å². The molecule has 0 saturated carbocycles. The van der Waals surface area contributed by atoms with E-state index in [1.165, 1.54) is 18.2 Å². The van der Waals surface area contributed by atoms with Crippen LogP contribution in [0.4, 0.5) is 10.1 Å². The van der Waals surface area contributed by atoms with Crippen LogP contribution in [0.1, 0.15) is 5.56 Å². The number of hydrogen-bond acceptors (Lipinski definition) is 3. The third-order valence-corrected chi connectivity index (χ3v) is 3.02. The Hall–Kier alpha value is -2.78. The number of aliphatic imine (C=N–C) groups is 1. The summed E-state index contributed by atoms with van der Waals surface area (Å²) >= 11 is 0. The molecular formula is C15H10FN3O. The number of rotatable bonds is 3. The van der Waals surface area contributed by atoms with Gasteiger partial charge in [-0.2, -0.15) is 10.1 Å². The first-order chi connectivity index (χ1) is 9.76. The highest BCUT2D eigenvalue weighted by Crippen LogP contribution is 2.21. The summed E-state index contributed by atoms with van der Waals surface area (Å²) in [6.45, 7) is 0.484. The lowest BCUT2D eigenvalue weighted by Crippen LogP contribution is -2.01. The van der Waals surface area contributed by atoms with E-state index in [4.69, 9.17) is 0 Å². The Balaban J connectivity index is 1.98. The largest absolute Gasteiger partial charge is 0.260 e. The third kappa shape index (κ3) is 2.35. The highest BCUT2D eigenvalue weighted by atomic mass is 19.1. The zero-order valence-corrected chi connectivity index (χ0v) is 10.5. The summed E-state index contributed by atoms with van der Waals surface area (Å²) in [6.07, 6.45) is 3.20. The molecule has 5 heteroatoms. The van der Waals surface area contributed by atoms with E-state index in [0.29, 0.717) is 12.2 Å². The molecule has 98 valence electrons. The molecule has 0 spiro atoms. The molecule has 1 aromatic heterocycles. The lowest BCUT2D eigenvalue weighted by Gasteiger charge is -2.04. The number of hydrogen-bond donors (Lipinski definition) is 0. The number of benzene rings is 2. The first kappa shape index (κ1) is 12.3. The lowest BCUT2D eigenvalue weighted by atomic mass is 10.2. The van der Waals surface area contributed by atoms with Crippen LogP contribution >= 0.6 is 0 Å². The summed E-state index contributed by atoms with van der Waals surface area (Å²) in [7, 11) is 0. The molecule has 0 atom stereocenters. The summed E-state index contributed by atoms with van der Waals surface area (Å²) in [6, 6.07) is 11.7. The van der Waals surface area contributed by atoms with Crippen molar-refractivity contribution in [2.75, 3.05) is 0 Å². The van der Waals surface area contributed by atoms with Crippen LogP contribution in [0.3, 0.4) is 0 Å². The van der Waals surface area contributed by atoms with Gasteiger partial charge in [-0.05, 0) is 35.9 Å². The normalized spacial score (nSPS) is 10.4. The molecule has 0 aliphatic heterocycles. The van der Waals surface area contributed by atoms with Gasteiger partial charge in [0.05, 0.1) is 23.9 Å². The molecule has 0 saturated heterocycles. The second-order valence-corrected chi connectivity index (χ2v) is 4.38. The van der Waals surface area contributed by atoms with Crippen molar-refractivity contribution in [3.05, 3.63) is 60.0 Å². The van der Waals surface area contributed by atoms with Crippen LogP contribution in [0.25, 0.3) is 10.9 Å². The van der Waals surface area contributed by atoms with Gasteiger partial charge in [0.25, 0.3) is 0 Å². The van der Waals surface area contributed by atoms with Gasteiger partial charge >= 0.3 is 0 Å². The van der Waals surface area contributed by atoms with Crippen molar-refractivity contribution in [1.82, 2.24) is 9.78 Å². The Kier molecular flexibility index (Phi) is 3.11. The van der Waals surface area contributed by atoms with Crippen molar-refractivity contribution in [3.8, 4) is 0 Å². The lowest BCUT2D eigenvalue weighted by molar-refractivity contribution is 0.565. The maximum atomic E-state index is 13.2. The topological polar surface area (TPSA) is 47.2 Å². The van der Waals surface area contributed by atoms with Crippen molar-refractivity contribution in [2.24, 2.45) is 4.99 Å². The first-order valence-electron chi connectivity index (χ1n) is 6.04. The molecule has 4 nitrogen and oxygen atoms in total. The second kappa shape index (κ2) is 5.07. The second-order valence-electron chi connectivity index (χ2n) is 4.38. The van der Waals surface area contributed by atoms with Gasteiger partial charge in [0.15, 0.2) is 0 Å². The van der Waals surface area contributed by atoms with E-state index >= 15 is 0 Å². The smallest absolute Gasteiger partial charge is 0.240 e. The van der Waals surface area contributed by atoms with E-state index < -0.39 is 0 Å². The molecule has 0 radical (unpaired) electrons. The standard InChI is InChI=1S/C15H10FN3O/c16-13-3-1-2-11(6-13)9-19-15-5-4-14(17-10-20)7-12(15)8-18-19/h1-8H,9H2.